The second kappa shape index (κ2) is 7.73. The smallest absolute Gasteiger partial charge is 0.272 e. The molecule has 2 aliphatic carbocycles. The molecule has 7 heteroatoms. The Hall–Kier alpha value is -2.70. The molecule has 0 radical (unpaired) electrons. The van der Waals surface area contributed by atoms with Gasteiger partial charge in [0.1, 0.15) is 5.82 Å². The van der Waals surface area contributed by atoms with E-state index in [-0.39, 0.29) is 29.7 Å². The van der Waals surface area contributed by atoms with Crippen molar-refractivity contribution in [2.75, 3.05) is 0 Å². The van der Waals surface area contributed by atoms with E-state index in [1.807, 2.05) is 0 Å². The number of benzene rings is 1. The molecule has 1 aromatic carbocycles. The molecule has 1 aromatic heterocycles. The molecule has 1 fully saturated rings. The SMILES string of the molecule is Cc1cc(C(=O)N[C@@H]2CCC[C@@H](NC(=O)c3n[nH]c4c3CCC4)C2)ccc1F. The minimum atomic E-state index is -0.318. The minimum Gasteiger partial charge on any atom is -0.349 e. The Labute approximate surface area is 163 Å². The number of nitrogens with one attached hydrogen (secondary N) is 3. The Balaban J connectivity index is 1.35. The van der Waals surface area contributed by atoms with Crippen molar-refractivity contribution < 1.29 is 14.0 Å². The van der Waals surface area contributed by atoms with Gasteiger partial charge in [0.25, 0.3) is 11.8 Å². The van der Waals surface area contributed by atoms with Crippen LogP contribution in [-0.4, -0.2) is 34.1 Å². The number of halogens is 1. The van der Waals surface area contributed by atoms with E-state index in [0.29, 0.717) is 23.2 Å². The first kappa shape index (κ1) is 18.7. The second-order valence-electron chi connectivity index (χ2n) is 7.85. The number of carbonyl (C=O) groups excluding carboxylic acids is 2. The molecular formula is C21H25FN4O2. The van der Waals surface area contributed by atoms with Crippen LogP contribution >= 0.6 is 0 Å². The fraction of sp³-hybridized carbons (Fsp3) is 0.476. The highest BCUT2D eigenvalue weighted by atomic mass is 19.1. The predicted molar refractivity (Wildman–Crippen MR) is 103 cm³/mol. The molecule has 1 saturated carbocycles. The van der Waals surface area contributed by atoms with Gasteiger partial charge in [0.2, 0.25) is 0 Å². The summed E-state index contributed by atoms with van der Waals surface area (Å²) in [5.41, 5.74) is 3.55. The van der Waals surface area contributed by atoms with E-state index in [4.69, 9.17) is 0 Å². The molecule has 0 aliphatic heterocycles. The van der Waals surface area contributed by atoms with Crippen LogP contribution in [0.5, 0.6) is 0 Å². The van der Waals surface area contributed by atoms with E-state index in [0.717, 1.165) is 49.8 Å². The van der Waals surface area contributed by atoms with Crippen molar-refractivity contribution in [1.82, 2.24) is 20.8 Å². The minimum absolute atomic E-state index is 0.00950. The van der Waals surface area contributed by atoms with Crippen LogP contribution < -0.4 is 10.6 Å². The third-order valence-corrected chi connectivity index (χ3v) is 5.79. The third-order valence-electron chi connectivity index (χ3n) is 5.79. The Bertz CT molecular complexity index is 908. The lowest BCUT2D eigenvalue weighted by molar-refractivity contribution is 0.0899. The van der Waals surface area contributed by atoms with Crippen LogP contribution in [0.4, 0.5) is 4.39 Å². The molecule has 28 heavy (non-hydrogen) atoms. The number of nitrogens with zero attached hydrogens (tertiary/aromatic N) is 1. The van der Waals surface area contributed by atoms with Gasteiger partial charge in [0.15, 0.2) is 5.69 Å². The number of H-pyrrole nitrogens is 1. The van der Waals surface area contributed by atoms with E-state index in [9.17, 15) is 14.0 Å². The molecule has 0 saturated heterocycles. The van der Waals surface area contributed by atoms with Crippen molar-refractivity contribution >= 4 is 11.8 Å². The van der Waals surface area contributed by atoms with Crippen LogP contribution in [0.3, 0.4) is 0 Å². The van der Waals surface area contributed by atoms with Crippen molar-refractivity contribution in [1.29, 1.82) is 0 Å². The first-order valence-electron chi connectivity index (χ1n) is 9.95. The lowest BCUT2D eigenvalue weighted by atomic mass is 9.90. The maximum atomic E-state index is 13.4. The van der Waals surface area contributed by atoms with Gasteiger partial charge >= 0.3 is 0 Å². The summed E-state index contributed by atoms with van der Waals surface area (Å²) in [6, 6.07) is 4.37. The van der Waals surface area contributed by atoms with Crippen LogP contribution in [0.25, 0.3) is 0 Å². The van der Waals surface area contributed by atoms with Crippen LogP contribution in [0.15, 0.2) is 18.2 Å². The van der Waals surface area contributed by atoms with Gasteiger partial charge in [-0.1, -0.05) is 0 Å². The Kier molecular flexibility index (Phi) is 5.15. The van der Waals surface area contributed by atoms with Gasteiger partial charge in [-0.15, -0.1) is 0 Å². The fourth-order valence-corrected chi connectivity index (χ4v) is 4.27. The summed E-state index contributed by atoms with van der Waals surface area (Å²) in [6.45, 7) is 1.64. The zero-order valence-electron chi connectivity index (χ0n) is 16.0. The molecule has 2 atom stereocenters. The monoisotopic (exact) mass is 384 g/mol. The van der Waals surface area contributed by atoms with Gasteiger partial charge in [-0.2, -0.15) is 5.10 Å². The number of hydrogen-bond donors (Lipinski definition) is 3. The molecule has 0 unspecified atom stereocenters. The molecule has 2 aliphatic rings. The summed E-state index contributed by atoms with van der Waals surface area (Å²) in [5.74, 6) is -0.655. The summed E-state index contributed by atoms with van der Waals surface area (Å²) in [5, 5.41) is 13.3. The third kappa shape index (κ3) is 3.79. The quantitative estimate of drug-likeness (QED) is 0.758. The summed E-state index contributed by atoms with van der Waals surface area (Å²) < 4.78 is 13.4. The van der Waals surface area contributed by atoms with E-state index in [1.54, 1.807) is 13.0 Å². The van der Waals surface area contributed by atoms with Gasteiger partial charge in [-0.05, 0) is 75.6 Å². The Morgan fingerprint density at radius 2 is 1.86 bits per heavy atom. The number of carbonyl (C=O) groups is 2. The lowest BCUT2D eigenvalue weighted by Crippen LogP contribution is -2.46. The highest BCUT2D eigenvalue weighted by Gasteiger charge is 2.28. The van der Waals surface area contributed by atoms with Gasteiger partial charge in [-0.3, -0.25) is 14.7 Å². The number of aromatic nitrogens is 2. The maximum absolute atomic E-state index is 13.4. The summed E-state index contributed by atoms with van der Waals surface area (Å²) in [7, 11) is 0. The van der Waals surface area contributed by atoms with Crippen molar-refractivity contribution in [3.8, 4) is 0 Å². The first-order valence-corrected chi connectivity index (χ1v) is 9.95. The number of fused-ring (bicyclic) bond motifs is 1. The number of aryl methyl sites for hydroxylation is 2. The summed E-state index contributed by atoms with van der Waals surface area (Å²) in [6.07, 6.45) is 6.28. The second-order valence-corrected chi connectivity index (χ2v) is 7.85. The Morgan fingerprint density at radius 3 is 2.61 bits per heavy atom. The summed E-state index contributed by atoms with van der Waals surface area (Å²) >= 11 is 0. The van der Waals surface area contributed by atoms with Crippen LogP contribution in [0.1, 0.15) is 69.8 Å². The number of aromatic amines is 1. The van der Waals surface area contributed by atoms with Crippen molar-refractivity contribution in [2.45, 2.75) is 64.0 Å². The molecule has 4 rings (SSSR count). The highest BCUT2D eigenvalue weighted by Crippen LogP contribution is 2.24. The molecule has 1 heterocycles. The van der Waals surface area contributed by atoms with Crippen molar-refractivity contribution in [3.05, 3.63) is 52.1 Å². The fourth-order valence-electron chi connectivity index (χ4n) is 4.27. The first-order chi connectivity index (χ1) is 13.5. The highest BCUT2D eigenvalue weighted by molar-refractivity contribution is 5.95. The molecule has 2 aromatic rings. The van der Waals surface area contributed by atoms with Gasteiger partial charge in [0.05, 0.1) is 0 Å². The van der Waals surface area contributed by atoms with Crippen molar-refractivity contribution in [2.24, 2.45) is 0 Å². The predicted octanol–water partition coefficient (Wildman–Crippen LogP) is 2.82. The molecule has 6 nitrogen and oxygen atoms in total. The molecular weight excluding hydrogens is 359 g/mol. The molecule has 148 valence electrons. The van der Waals surface area contributed by atoms with Gasteiger partial charge in [0, 0.05) is 28.9 Å². The van der Waals surface area contributed by atoms with Crippen LogP contribution in [-0.2, 0) is 12.8 Å². The summed E-state index contributed by atoms with van der Waals surface area (Å²) in [4.78, 5) is 25.1. The van der Waals surface area contributed by atoms with Crippen molar-refractivity contribution in [3.63, 3.8) is 0 Å². The Morgan fingerprint density at radius 1 is 1.11 bits per heavy atom. The van der Waals surface area contributed by atoms with Gasteiger partial charge < -0.3 is 10.6 Å². The standard InChI is InChI=1S/C21H25FN4O2/c1-12-10-13(8-9-17(12)22)20(27)23-14-4-2-5-15(11-14)24-21(28)19-16-6-3-7-18(16)25-26-19/h8-10,14-15H,2-7,11H2,1H3,(H,23,27)(H,24,28)(H,25,26)/t14-,15-/m1/s1. The number of rotatable bonds is 4. The average molecular weight is 384 g/mol. The molecule has 0 bridgehead atoms. The average Bonchev–Trinajstić information content (AvgIpc) is 3.27. The molecule has 0 spiro atoms. The van der Waals surface area contributed by atoms with Crippen LogP contribution in [0.2, 0.25) is 0 Å². The molecule has 2 amide bonds. The number of hydrogen-bond acceptors (Lipinski definition) is 3. The number of amides is 2. The maximum Gasteiger partial charge on any atom is 0.272 e. The lowest BCUT2D eigenvalue weighted by Gasteiger charge is -2.30. The molecule has 3 N–H and O–H groups in total. The largest absolute Gasteiger partial charge is 0.349 e. The van der Waals surface area contributed by atoms with Gasteiger partial charge in [-0.25, -0.2) is 4.39 Å². The van der Waals surface area contributed by atoms with E-state index in [2.05, 4.69) is 20.8 Å². The van der Waals surface area contributed by atoms with E-state index in [1.165, 1.54) is 12.1 Å². The van der Waals surface area contributed by atoms with Crippen LogP contribution in [0, 0.1) is 12.7 Å². The van der Waals surface area contributed by atoms with E-state index < -0.39 is 0 Å². The normalized spacial score (nSPS) is 21.2. The van der Waals surface area contributed by atoms with E-state index >= 15 is 0 Å². The zero-order valence-corrected chi connectivity index (χ0v) is 16.0. The zero-order chi connectivity index (χ0) is 19.7. The topological polar surface area (TPSA) is 86.9 Å².